The van der Waals surface area contributed by atoms with Crippen LogP contribution in [-0.2, 0) is 16.2 Å². The van der Waals surface area contributed by atoms with E-state index in [0.29, 0.717) is 21.4 Å². The van der Waals surface area contributed by atoms with Gasteiger partial charge < -0.3 is 4.74 Å². The fraction of sp³-hybridized carbons (Fsp3) is 0.0417. The second-order valence-electron chi connectivity index (χ2n) is 7.14. The van der Waals surface area contributed by atoms with Gasteiger partial charge in [0, 0.05) is 0 Å². The zero-order chi connectivity index (χ0) is 24.4. The number of hydrogen-bond donors (Lipinski definition) is 1. The molecule has 1 N–H and O–H groups in total. The van der Waals surface area contributed by atoms with Crippen molar-refractivity contribution in [3.05, 3.63) is 97.5 Å². The maximum absolute atomic E-state index is 13.0. The lowest BCUT2D eigenvalue weighted by Crippen LogP contribution is -2.54. The molecule has 0 radical (unpaired) electrons. The van der Waals surface area contributed by atoms with Crippen LogP contribution in [0.25, 0.3) is 6.08 Å². The van der Waals surface area contributed by atoms with E-state index in [1.807, 2.05) is 0 Å². The number of hydrogen-bond acceptors (Lipinski definition) is 4. The van der Waals surface area contributed by atoms with Crippen molar-refractivity contribution in [2.24, 2.45) is 0 Å². The van der Waals surface area contributed by atoms with Crippen LogP contribution < -0.4 is 15.0 Å². The number of ether oxygens (including phenoxy) is 1. The Kier molecular flexibility index (Phi) is 7.14. The number of nitrogens with one attached hydrogen (secondary N) is 1. The van der Waals surface area contributed by atoms with Crippen LogP contribution in [0, 0.1) is 0 Å². The number of para-hydroxylation sites is 1. The standard InChI is InChI=1S/C24H14Cl4N2O4/c25-16-7-5-14(11-18(16)27)12-34-21-8-6-13(10-19(21)28)9-15-22(31)29-24(33)30(23(15)32)20-4-2-1-3-17(20)26/h1-11H,12H2,(H,29,31,33)/b15-9+. The lowest BCUT2D eigenvalue weighted by molar-refractivity contribution is -0.122. The van der Waals surface area contributed by atoms with Gasteiger partial charge in [-0.15, -0.1) is 0 Å². The molecule has 34 heavy (non-hydrogen) atoms. The van der Waals surface area contributed by atoms with E-state index in [1.54, 1.807) is 42.5 Å². The summed E-state index contributed by atoms with van der Waals surface area (Å²) >= 11 is 24.4. The third-order valence-electron chi connectivity index (χ3n) is 4.84. The van der Waals surface area contributed by atoms with Crippen LogP contribution in [0.3, 0.4) is 0 Å². The van der Waals surface area contributed by atoms with Crippen molar-refractivity contribution in [1.82, 2.24) is 5.32 Å². The van der Waals surface area contributed by atoms with E-state index >= 15 is 0 Å². The number of carbonyl (C=O) groups excluding carboxylic acids is 3. The van der Waals surface area contributed by atoms with Crippen LogP contribution in [0.2, 0.25) is 20.1 Å². The predicted octanol–water partition coefficient (Wildman–Crippen LogP) is 6.55. The molecule has 1 fully saturated rings. The number of carbonyl (C=O) groups is 3. The SMILES string of the molecule is O=C1NC(=O)N(c2ccccc2Cl)C(=O)/C1=C/c1ccc(OCc2ccc(Cl)c(Cl)c2)c(Cl)c1. The third-order valence-corrected chi connectivity index (χ3v) is 6.19. The van der Waals surface area contributed by atoms with E-state index in [1.165, 1.54) is 24.3 Å². The fourth-order valence-electron chi connectivity index (χ4n) is 3.19. The number of imide groups is 2. The molecule has 0 aromatic heterocycles. The second-order valence-corrected chi connectivity index (χ2v) is 8.77. The summed E-state index contributed by atoms with van der Waals surface area (Å²) in [5.41, 5.74) is 1.17. The number of rotatable bonds is 5. The van der Waals surface area contributed by atoms with Crippen LogP contribution >= 0.6 is 46.4 Å². The van der Waals surface area contributed by atoms with Gasteiger partial charge in [-0.3, -0.25) is 14.9 Å². The average molecular weight is 536 g/mol. The van der Waals surface area contributed by atoms with Crippen molar-refractivity contribution >= 4 is 76.0 Å². The molecule has 4 amide bonds. The molecule has 172 valence electrons. The Morgan fingerprint density at radius 3 is 2.29 bits per heavy atom. The van der Waals surface area contributed by atoms with E-state index in [4.69, 9.17) is 51.1 Å². The Balaban J connectivity index is 1.56. The molecule has 4 rings (SSSR count). The molecule has 3 aromatic rings. The first kappa shape index (κ1) is 24.1. The van der Waals surface area contributed by atoms with Crippen LogP contribution in [-0.4, -0.2) is 17.8 Å². The van der Waals surface area contributed by atoms with Crippen LogP contribution in [0.1, 0.15) is 11.1 Å². The quantitative estimate of drug-likeness (QED) is 0.297. The van der Waals surface area contributed by atoms with Gasteiger partial charge in [0.15, 0.2) is 0 Å². The largest absolute Gasteiger partial charge is 0.487 e. The van der Waals surface area contributed by atoms with Gasteiger partial charge in [0.1, 0.15) is 17.9 Å². The van der Waals surface area contributed by atoms with Crippen molar-refractivity contribution in [2.75, 3.05) is 4.90 Å². The van der Waals surface area contributed by atoms with Crippen LogP contribution in [0.5, 0.6) is 5.75 Å². The third kappa shape index (κ3) is 5.05. The van der Waals surface area contributed by atoms with E-state index in [2.05, 4.69) is 5.32 Å². The Bertz CT molecular complexity index is 1360. The first-order valence-corrected chi connectivity index (χ1v) is 11.3. The number of amides is 4. The highest BCUT2D eigenvalue weighted by atomic mass is 35.5. The summed E-state index contributed by atoms with van der Waals surface area (Å²) < 4.78 is 5.74. The minimum Gasteiger partial charge on any atom is -0.487 e. The predicted molar refractivity (Wildman–Crippen MR) is 133 cm³/mol. The van der Waals surface area contributed by atoms with Gasteiger partial charge in [-0.25, -0.2) is 9.69 Å². The van der Waals surface area contributed by atoms with Gasteiger partial charge in [0.2, 0.25) is 0 Å². The van der Waals surface area contributed by atoms with E-state index < -0.39 is 17.8 Å². The molecule has 0 unspecified atom stereocenters. The summed E-state index contributed by atoms with van der Waals surface area (Å²) in [6.45, 7) is 0.201. The second kappa shape index (κ2) is 10.1. The number of anilines is 1. The number of barbiturate groups is 1. The molecule has 1 saturated heterocycles. The summed E-state index contributed by atoms with van der Waals surface area (Å²) in [5, 5.41) is 3.45. The molecule has 0 saturated carbocycles. The van der Waals surface area contributed by atoms with Crippen molar-refractivity contribution in [3.8, 4) is 5.75 Å². The highest BCUT2D eigenvalue weighted by Gasteiger charge is 2.37. The molecule has 0 atom stereocenters. The molecular weight excluding hydrogens is 522 g/mol. The molecule has 0 spiro atoms. The number of nitrogens with zero attached hydrogens (tertiary/aromatic N) is 1. The summed E-state index contributed by atoms with van der Waals surface area (Å²) in [5.74, 6) is -1.24. The first-order valence-electron chi connectivity index (χ1n) is 9.77. The molecule has 1 aliphatic rings. The molecule has 1 aliphatic heterocycles. The fourth-order valence-corrected chi connectivity index (χ4v) is 3.97. The monoisotopic (exact) mass is 534 g/mol. The smallest absolute Gasteiger partial charge is 0.335 e. The summed E-state index contributed by atoms with van der Waals surface area (Å²) in [7, 11) is 0. The first-order chi connectivity index (χ1) is 16.2. The zero-order valence-electron chi connectivity index (χ0n) is 17.2. The molecule has 0 bridgehead atoms. The van der Waals surface area contributed by atoms with E-state index in [0.717, 1.165) is 10.5 Å². The zero-order valence-corrected chi connectivity index (χ0v) is 20.2. The molecule has 1 heterocycles. The lowest BCUT2D eigenvalue weighted by atomic mass is 10.1. The average Bonchev–Trinajstić information content (AvgIpc) is 2.79. The highest BCUT2D eigenvalue weighted by Crippen LogP contribution is 2.31. The van der Waals surface area contributed by atoms with Gasteiger partial charge in [0.05, 0.1) is 25.8 Å². The Morgan fingerprint density at radius 2 is 1.59 bits per heavy atom. The van der Waals surface area contributed by atoms with Gasteiger partial charge in [0.25, 0.3) is 11.8 Å². The van der Waals surface area contributed by atoms with E-state index in [-0.39, 0.29) is 27.9 Å². The van der Waals surface area contributed by atoms with Gasteiger partial charge >= 0.3 is 6.03 Å². The van der Waals surface area contributed by atoms with Gasteiger partial charge in [-0.2, -0.15) is 0 Å². The normalized spacial score (nSPS) is 15.0. The maximum Gasteiger partial charge on any atom is 0.335 e. The van der Waals surface area contributed by atoms with Crippen LogP contribution in [0.15, 0.2) is 66.2 Å². The number of halogens is 4. The summed E-state index contributed by atoms with van der Waals surface area (Å²) in [4.78, 5) is 38.5. The highest BCUT2D eigenvalue weighted by molar-refractivity contribution is 6.42. The summed E-state index contributed by atoms with van der Waals surface area (Å²) in [6, 6.07) is 15.3. The Labute approximate surface area is 214 Å². The molecule has 6 nitrogen and oxygen atoms in total. The number of benzene rings is 3. The minimum atomic E-state index is -0.885. The van der Waals surface area contributed by atoms with Crippen LogP contribution in [0.4, 0.5) is 10.5 Å². The van der Waals surface area contributed by atoms with Gasteiger partial charge in [-0.05, 0) is 53.6 Å². The summed E-state index contributed by atoms with van der Waals surface area (Å²) in [6.07, 6.45) is 1.34. The van der Waals surface area contributed by atoms with Crippen molar-refractivity contribution < 1.29 is 19.1 Å². The molecule has 0 aliphatic carbocycles. The lowest BCUT2D eigenvalue weighted by Gasteiger charge is -2.27. The molecular formula is C24H14Cl4N2O4. The minimum absolute atomic E-state index is 0.161. The topological polar surface area (TPSA) is 75.7 Å². The molecule has 3 aromatic carbocycles. The Morgan fingerprint density at radius 1 is 0.824 bits per heavy atom. The van der Waals surface area contributed by atoms with Crippen molar-refractivity contribution in [1.29, 1.82) is 0 Å². The Hall–Kier alpha value is -3.03. The van der Waals surface area contributed by atoms with E-state index in [9.17, 15) is 14.4 Å². The van der Waals surface area contributed by atoms with Crippen molar-refractivity contribution in [2.45, 2.75) is 6.61 Å². The number of urea groups is 1. The van der Waals surface area contributed by atoms with Gasteiger partial charge in [-0.1, -0.05) is 70.7 Å². The van der Waals surface area contributed by atoms with Crippen molar-refractivity contribution in [3.63, 3.8) is 0 Å². The molecule has 10 heteroatoms. The maximum atomic E-state index is 13.0.